The molecule has 0 bridgehead atoms. The van der Waals surface area contributed by atoms with Crippen LogP contribution in [0.1, 0.15) is 41.2 Å². The molecule has 0 aliphatic heterocycles. The van der Waals surface area contributed by atoms with Crippen LogP contribution >= 0.6 is 0 Å². The first-order valence-electron chi connectivity index (χ1n) is 9.71. The average molecular weight is 372 g/mol. The van der Waals surface area contributed by atoms with Crippen LogP contribution in [-0.4, -0.2) is 18.6 Å². The van der Waals surface area contributed by atoms with Gasteiger partial charge in [0.25, 0.3) is 0 Å². The normalized spacial score (nSPS) is 11.9. The second-order valence-corrected chi connectivity index (χ2v) is 6.64. The summed E-state index contributed by atoms with van der Waals surface area (Å²) in [6, 6.07) is 26.2. The molecule has 0 aliphatic rings. The lowest BCUT2D eigenvalue weighted by Gasteiger charge is -2.07. The van der Waals surface area contributed by atoms with E-state index in [0.717, 1.165) is 40.8 Å². The second kappa shape index (κ2) is 10.3. The van der Waals surface area contributed by atoms with Crippen LogP contribution in [0.15, 0.2) is 89.1 Å². The molecule has 0 spiro atoms. The number of halogens is 1. The summed E-state index contributed by atoms with van der Waals surface area (Å²) in [5.41, 5.74) is 6.12. The summed E-state index contributed by atoms with van der Waals surface area (Å²) in [7, 11) is 0. The topological polar surface area (TPSA) is 24.7 Å². The third-order valence-electron chi connectivity index (χ3n) is 4.59. The second-order valence-electron chi connectivity index (χ2n) is 6.64. The zero-order valence-corrected chi connectivity index (χ0v) is 16.2. The molecule has 0 amide bonds. The Hall–Kier alpha value is -3.07. The van der Waals surface area contributed by atoms with E-state index >= 15 is 0 Å². The van der Waals surface area contributed by atoms with Crippen molar-refractivity contribution in [2.45, 2.75) is 26.2 Å². The Morgan fingerprint density at radius 3 is 2.21 bits per heavy atom. The molecule has 0 heterocycles. The van der Waals surface area contributed by atoms with Crippen molar-refractivity contribution >= 4 is 11.9 Å². The molecule has 0 saturated carbocycles. The molecule has 0 aliphatic carbocycles. The Bertz CT molecular complexity index is 928. The molecule has 142 valence electrons. The molecule has 3 aromatic rings. The fraction of sp³-hybridized carbons (Fsp3) is 0.200. The quantitative estimate of drug-likeness (QED) is 0.341. The number of hydrogen-bond acceptors (Lipinski definition) is 2. The van der Waals surface area contributed by atoms with E-state index in [1.165, 1.54) is 5.56 Å². The third kappa shape index (κ3) is 5.23. The summed E-state index contributed by atoms with van der Waals surface area (Å²) in [5, 5.41) is 8.95. The Labute approximate surface area is 166 Å². The van der Waals surface area contributed by atoms with Crippen molar-refractivity contribution in [3.05, 3.63) is 107 Å². The van der Waals surface area contributed by atoms with Crippen molar-refractivity contribution in [2.75, 3.05) is 6.67 Å². The van der Waals surface area contributed by atoms with Crippen LogP contribution in [0.5, 0.6) is 0 Å². The number of alkyl halides is 1. The molecule has 3 heteroatoms. The highest BCUT2D eigenvalue weighted by atomic mass is 19.1. The summed E-state index contributed by atoms with van der Waals surface area (Å²) in [6.45, 7) is 1.83. The average Bonchev–Trinajstić information content (AvgIpc) is 2.74. The maximum absolute atomic E-state index is 12.6. The Balaban J connectivity index is 1.93. The van der Waals surface area contributed by atoms with Gasteiger partial charge < -0.3 is 0 Å². The first-order valence-corrected chi connectivity index (χ1v) is 9.71. The Kier molecular flexibility index (Phi) is 7.25. The lowest BCUT2D eigenvalue weighted by molar-refractivity contribution is 0.495. The largest absolute Gasteiger partial charge is 0.251 e. The maximum Gasteiger partial charge on any atom is 0.100 e. The highest BCUT2D eigenvalue weighted by Gasteiger charge is 2.07. The Morgan fingerprint density at radius 2 is 1.50 bits per heavy atom. The maximum atomic E-state index is 12.6. The standard InChI is InChI=1S/C25H25FN2/c1-2-8-21-9-6-7-12-24(21)19-27-28-25(22-10-4-3-5-11-22)23-15-13-20(14-16-23)17-18-26/h3-7,9-16,19H,2,8,17-18H2,1H3. The van der Waals surface area contributed by atoms with Crippen molar-refractivity contribution in [3.63, 3.8) is 0 Å². The molecule has 2 nitrogen and oxygen atoms in total. The van der Waals surface area contributed by atoms with Crippen LogP contribution < -0.4 is 0 Å². The summed E-state index contributed by atoms with van der Waals surface area (Å²) in [4.78, 5) is 0. The number of benzene rings is 3. The highest BCUT2D eigenvalue weighted by Crippen LogP contribution is 2.14. The van der Waals surface area contributed by atoms with E-state index in [1.807, 2.05) is 66.9 Å². The molecule has 0 fully saturated rings. The predicted molar refractivity (Wildman–Crippen MR) is 116 cm³/mol. The number of nitrogens with zero attached hydrogens (tertiary/aromatic N) is 2. The fourth-order valence-corrected chi connectivity index (χ4v) is 3.12. The Morgan fingerprint density at radius 1 is 0.821 bits per heavy atom. The molecule has 0 N–H and O–H groups in total. The van der Waals surface area contributed by atoms with Crippen molar-refractivity contribution in [1.29, 1.82) is 0 Å². The van der Waals surface area contributed by atoms with E-state index in [4.69, 9.17) is 0 Å². The fourth-order valence-electron chi connectivity index (χ4n) is 3.12. The minimum Gasteiger partial charge on any atom is -0.251 e. The molecule has 0 radical (unpaired) electrons. The third-order valence-corrected chi connectivity index (χ3v) is 4.59. The van der Waals surface area contributed by atoms with Gasteiger partial charge in [0.1, 0.15) is 5.71 Å². The van der Waals surface area contributed by atoms with Gasteiger partial charge in [-0.2, -0.15) is 5.10 Å². The van der Waals surface area contributed by atoms with Crippen molar-refractivity contribution in [2.24, 2.45) is 10.2 Å². The van der Waals surface area contributed by atoms with E-state index < -0.39 is 0 Å². The van der Waals surface area contributed by atoms with E-state index in [0.29, 0.717) is 6.42 Å². The predicted octanol–water partition coefficient (Wildman–Crippen LogP) is 6.02. The molecule has 3 aromatic carbocycles. The van der Waals surface area contributed by atoms with Gasteiger partial charge in [0, 0.05) is 17.5 Å². The molecule has 28 heavy (non-hydrogen) atoms. The smallest absolute Gasteiger partial charge is 0.100 e. The van der Waals surface area contributed by atoms with Gasteiger partial charge in [-0.05, 0) is 23.1 Å². The van der Waals surface area contributed by atoms with Gasteiger partial charge in [-0.3, -0.25) is 4.39 Å². The minimum atomic E-state index is -0.347. The zero-order chi connectivity index (χ0) is 19.6. The summed E-state index contributed by atoms with van der Waals surface area (Å²) >= 11 is 0. The van der Waals surface area contributed by atoms with E-state index in [-0.39, 0.29) is 6.67 Å². The van der Waals surface area contributed by atoms with Crippen molar-refractivity contribution in [3.8, 4) is 0 Å². The number of rotatable bonds is 8. The van der Waals surface area contributed by atoms with Crippen LogP contribution in [0.3, 0.4) is 0 Å². The van der Waals surface area contributed by atoms with Crippen LogP contribution in [0.2, 0.25) is 0 Å². The van der Waals surface area contributed by atoms with Gasteiger partial charge >= 0.3 is 0 Å². The van der Waals surface area contributed by atoms with Gasteiger partial charge in [-0.1, -0.05) is 92.2 Å². The minimum absolute atomic E-state index is 0.347. The van der Waals surface area contributed by atoms with Crippen LogP contribution in [0.25, 0.3) is 0 Å². The first kappa shape index (κ1) is 19.7. The van der Waals surface area contributed by atoms with Gasteiger partial charge in [0.15, 0.2) is 0 Å². The number of aryl methyl sites for hydroxylation is 2. The number of hydrogen-bond donors (Lipinski definition) is 0. The summed E-state index contributed by atoms with van der Waals surface area (Å²) in [6.07, 6.45) is 4.37. The highest BCUT2D eigenvalue weighted by molar-refractivity contribution is 6.13. The molecule has 3 rings (SSSR count). The first-order chi connectivity index (χ1) is 13.8. The monoisotopic (exact) mass is 372 g/mol. The molecular weight excluding hydrogens is 347 g/mol. The van der Waals surface area contributed by atoms with Crippen LogP contribution in [-0.2, 0) is 12.8 Å². The molecular formula is C25H25FN2. The SMILES string of the molecule is CCCc1ccccc1C=NN=C(c1ccccc1)c1ccc(CCF)cc1. The van der Waals surface area contributed by atoms with Gasteiger partial charge in [0.05, 0.1) is 12.9 Å². The van der Waals surface area contributed by atoms with Crippen molar-refractivity contribution in [1.82, 2.24) is 0 Å². The molecule has 0 saturated heterocycles. The van der Waals surface area contributed by atoms with Gasteiger partial charge in [-0.15, -0.1) is 5.10 Å². The lowest BCUT2D eigenvalue weighted by atomic mass is 10.0. The van der Waals surface area contributed by atoms with E-state index in [1.54, 1.807) is 0 Å². The van der Waals surface area contributed by atoms with Crippen molar-refractivity contribution < 1.29 is 4.39 Å². The van der Waals surface area contributed by atoms with Crippen LogP contribution in [0.4, 0.5) is 4.39 Å². The summed E-state index contributed by atoms with van der Waals surface area (Å²) < 4.78 is 12.6. The summed E-state index contributed by atoms with van der Waals surface area (Å²) in [5.74, 6) is 0. The molecule has 0 aromatic heterocycles. The molecule has 0 atom stereocenters. The zero-order valence-electron chi connectivity index (χ0n) is 16.2. The van der Waals surface area contributed by atoms with Gasteiger partial charge in [0.2, 0.25) is 0 Å². The van der Waals surface area contributed by atoms with E-state index in [2.05, 4.69) is 35.3 Å². The van der Waals surface area contributed by atoms with E-state index in [9.17, 15) is 4.39 Å². The van der Waals surface area contributed by atoms with Gasteiger partial charge in [-0.25, -0.2) is 0 Å². The molecule has 0 unspecified atom stereocenters. The lowest BCUT2D eigenvalue weighted by Crippen LogP contribution is -2.03. The van der Waals surface area contributed by atoms with Crippen LogP contribution in [0, 0.1) is 0 Å².